The zero-order chi connectivity index (χ0) is 9.42. The van der Waals surface area contributed by atoms with Crippen molar-refractivity contribution in [1.29, 1.82) is 0 Å². The number of rotatable bonds is 0. The zero-order valence-electron chi connectivity index (χ0n) is 6.58. The molecule has 0 saturated heterocycles. The summed E-state index contributed by atoms with van der Waals surface area (Å²) in [6.45, 7) is 0. The number of hydrogen-bond donors (Lipinski definition) is 0. The number of carbonyl (C=O) groups excluding carboxylic acids is 1. The number of fused-ring (bicyclic) bond motifs is 1. The van der Waals surface area contributed by atoms with E-state index in [0.29, 0.717) is 5.56 Å². The largest absolute Gasteiger partial charge is 0.290 e. The second-order valence-corrected chi connectivity index (χ2v) is 3.92. The van der Waals surface area contributed by atoms with Gasteiger partial charge in [-0.1, -0.05) is 12.1 Å². The molecule has 3 heteroatoms. The van der Waals surface area contributed by atoms with Gasteiger partial charge in [0.2, 0.25) is 0 Å². The van der Waals surface area contributed by atoms with E-state index in [-0.39, 0.29) is 11.2 Å². The molecule has 0 aromatic heterocycles. The van der Waals surface area contributed by atoms with Gasteiger partial charge in [0.1, 0.15) is 0 Å². The van der Waals surface area contributed by atoms with Crippen molar-refractivity contribution >= 4 is 32.0 Å². The number of ketones is 1. The molecule has 1 aliphatic carbocycles. The van der Waals surface area contributed by atoms with Crippen molar-refractivity contribution < 1.29 is 4.79 Å². The fourth-order valence-electron chi connectivity index (χ4n) is 1.28. The lowest BCUT2D eigenvalue weighted by Crippen LogP contribution is -1.92. The molecule has 0 saturated carbocycles. The fourth-order valence-corrected chi connectivity index (χ4v) is 2.01. The zero-order valence-corrected chi connectivity index (χ0v) is 8.74. The Labute approximate surface area is 88.4 Å². The van der Waals surface area contributed by atoms with Crippen molar-refractivity contribution in [2.75, 3.05) is 0 Å². The molecule has 64 valence electrons. The van der Waals surface area contributed by atoms with Gasteiger partial charge in [0.25, 0.3) is 0 Å². The van der Waals surface area contributed by atoms with Crippen LogP contribution < -0.4 is 5.43 Å². The molecule has 0 spiro atoms. The molecule has 0 unspecified atom stereocenters. The Hall–Kier alpha value is -0.970. The fraction of sp³-hybridized carbons (Fsp3) is 0. The molecule has 0 aliphatic heterocycles. The minimum atomic E-state index is -0.0708. The Morgan fingerprint density at radius 3 is 2.62 bits per heavy atom. The van der Waals surface area contributed by atoms with Crippen molar-refractivity contribution in [2.45, 2.75) is 0 Å². The summed E-state index contributed by atoms with van der Waals surface area (Å²) < 4.78 is 0.839. The van der Waals surface area contributed by atoms with Crippen molar-refractivity contribution in [3.8, 4) is 0 Å². The van der Waals surface area contributed by atoms with Crippen molar-refractivity contribution in [3.05, 3.63) is 51.7 Å². The molecule has 0 radical (unpaired) electrons. The van der Waals surface area contributed by atoms with E-state index in [2.05, 4.69) is 22.6 Å². The molecular formula is C10H5IO2. The standard InChI is InChI=1S/C10H5IO2/c11-9-5-10(13)7-3-1-2-6(12)4-8(7)9/h1-5H. The molecule has 2 nitrogen and oxygen atoms in total. The van der Waals surface area contributed by atoms with Crippen LogP contribution in [0.3, 0.4) is 0 Å². The van der Waals surface area contributed by atoms with Crippen LogP contribution in [0.15, 0.2) is 35.1 Å². The molecule has 0 atom stereocenters. The van der Waals surface area contributed by atoms with Gasteiger partial charge < -0.3 is 0 Å². The van der Waals surface area contributed by atoms with Crippen LogP contribution in [0, 0.1) is 0 Å². The molecule has 0 N–H and O–H groups in total. The lowest BCUT2D eigenvalue weighted by atomic mass is 10.2. The quantitative estimate of drug-likeness (QED) is 0.683. The second kappa shape index (κ2) is 3.06. The molecular weight excluding hydrogens is 279 g/mol. The molecule has 1 aromatic carbocycles. The Bertz CT molecular complexity index is 475. The number of carbonyl (C=O) groups is 1. The first kappa shape index (κ1) is 8.62. The highest BCUT2D eigenvalue weighted by atomic mass is 127. The minimum absolute atomic E-state index is 0.0185. The maximum Gasteiger partial charge on any atom is 0.187 e. The van der Waals surface area contributed by atoms with Gasteiger partial charge in [-0.05, 0) is 34.7 Å². The smallest absolute Gasteiger partial charge is 0.187 e. The first-order valence-electron chi connectivity index (χ1n) is 3.75. The molecule has 1 aliphatic rings. The number of hydrogen-bond acceptors (Lipinski definition) is 2. The van der Waals surface area contributed by atoms with Crippen molar-refractivity contribution in [2.24, 2.45) is 0 Å². The summed E-state index contributed by atoms with van der Waals surface area (Å²) in [6, 6.07) is 6.25. The van der Waals surface area contributed by atoms with Crippen LogP contribution in [0.1, 0.15) is 15.9 Å². The SMILES string of the molecule is O=C1C=C(I)c2cc(=O)cccc21. The third-order valence-corrected chi connectivity index (χ3v) is 2.77. The van der Waals surface area contributed by atoms with Crippen molar-refractivity contribution in [1.82, 2.24) is 0 Å². The van der Waals surface area contributed by atoms with Crippen LogP contribution in [-0.2, 0) is 0 Å². The highest BCUT2D eigenvalue weighted by molar-refractivity contribution is 14.1. The van der Waals surface area contributed by atoms with E-state index >= 15 is 0 Å². The predicted molar refractivity (Wildman–Crippen MR) is 59.0 cm³/mol. The normalized spacial score (nSPS) is 13.9. The second-order valence-electron chi connectivity index (χ2n) is 2.76. The van der Waals surface area contributed by atoms with Gasteiger partial charge in [-0.25, -0.2) is 0 Å². The maximum absolute atomic E-state index is 11.3. The minimum Gasteiger partial charge on any atom is -0.290 e. The Balaban J connectivity index is 2.83. The average molecular weight is 284 g/mol. The third-order valence-electron chi connectivity index (χ3n) is 1.88. The Morgan fingerprint density at radius 2 is 1.85 bits per heavy atom. The van der Waals surface area contributed by atoms with Crippen molar-refractivity contribution in [3.63, 3.8) is 0 Å². The van der Waals surface area contributed by atoms with Gasteiger partial charge in [0.15, 0.2) is 11.2 Å². The molecule has 0 fully saturated rings. The number of allylic oxidation sites excluding steroid dienone is 1. The van der Waals surface area contributed by atoms with Gasteiger partial charge in [-0.15, -0.1) is 0 Å². The van der Waals surface area contributed by atoms with Crippen LogP contribution in [-0.4, -0.2) is 5.78 Å². The first-order valence-corrected chi connectivity index (χ1v) is 4.82. The van der Waals surface area contributed by atoms with E-state index in [9.17, 15) is 9.59 Å². The van der Waals surface area contributed by atoms with E-state index in [1.54, 1.807) is 18.2 Å². The highest BCUT2D eigenvalue weighted by Crippen LogP contribution is 2.30. The topological polar surface area (TPSA) is 34.1 Å². The summed E-state index contributed by atoms with van der Waals surface area (Å²) in [4.78, 5) is 22.5. The van der Waals surface area contributed by atoms with Crippen LogP contribution in [0.2, 0.25) is 0 Å². The van der Waals surface area contributed by atoms with E-state index in [4.69, 9.17) is 0 Å². The molecule has 1 aromatic rings. The predicted octanol–water partition coefficient (Wildman–Crippen LogP) is 2.02. The summed E-state index contributed by atoms with van der Waals surface area (Å²) in [5, 5.41) is 0. The van der Waals surface area contributed by atoms with Crippen LogP contribution in [0.5, 0.6) is 0 Å². The summed E-state index contributed by atoms with van der Waals surface area (Å²) >= 11 is 2.06. The molecule has 13 heavy (non-hydrogen) atoms. The molecule has 0 amide bonds. The van der Waals surface area contributed by atoms with Crippen LogP contribution >= 0.6 is 22.6 Å². The van der Waals surface area contributed by atoms with E-state index in [1.807, 2.05) is 0 Å². The van der Waals surface area contributed by atoms with Gasteiger partial charge in [0.05, 0.1) is 0 Å². The summed E-state index contributed by atoms with van der Waals surface area (Å²) in [7, 11) is 0. The van der Waals surface area contributed by atoms with E-state index < -0.39 is 0 Å². The Kier molecular flexibility index (Phi) is 2.03. The van der Waals surface area contributed by atoms with Gasteiger partial charge in [0, 0.05) is 20.8 Å². The molecule has 0 bridgehead atoms. The van der Waals surface area contributed by atoms with Gasteiger partial charge in [-0.2, -0.15) is 0 Å². The highest BCUT2D eigenvalue weighted by Gasteiger charge is 2.17. The monoisotopic (exact) mass is 284 g/mol. The Morgan fingerprint density at radius 1 is 1.08 bits per heavy atom. The van der Waals surface area contributed by atoms with Gasteiger partial charge in [-0.3, -0.25) is 9.59 Å². The van der Waals surface area contributed by atoms with Crippen LogP contribution in [0.4, 0.5) is 0 Å². The average Bonchev–Trinajstić information content (AvgIpc) is 2.28. The number of halogens is 1. The summed E-state index contributed by atoms with van der Waals surface area (Å²) in [5.41, 5.74) is 1.30. The lowest BCUT2D eigenvalue weighted by Gasteiger charge is -1.89. The molecule has 2 rings (SSSR count). The maximum atomic E-state index is 11.3. The lowest BCUT2D eigenvalue weighted by molar-refractivity contribution is 0.105. The third kappa shape index (κ3) is 1.44. The molecule has 0 heterocycles. The summed E-state index contributed by atoms with van der Waals surface area (Å²) in [6.07, 6.45) is 1.55. The summed E-state index contributed by atoms with van der Waals surface area (Å²) in [5.74, 6) is -0.0185. The first-order chi connectivity index (χ1) is 6.18. The van der Waals surface area contributed by atoms with Gasteiger partial charge >= 0.3 is 0 Å². The van der Waals surface area contributed by atoms with Crippen LogP contribution in [0.25, 0.3) is 3.58 Å². The van der Waals surface area contributed by atoms with E-state index in [0.717, 1.165) is 9.14 Å². The van der Waals surface area contributed by atoms with E-state index in [1.165, 1.54) is 12.1 Å².